The van der Waals surface area contributed by atoms with Gasteiger partial charge in [0, 0.05) is 55.5 Å². The Labute approximate surface area is 197 Å². The van der Waals surface area contributed by atoms with Gasteiger partial charge in [0.05, 0.1) is 14.2 Å². The van der Waals surface area contributed by atoms with Crippen molar-refractivity contribution in [1.82, 2.24) is 9.80 Å². The van der Waals surface area contributed by atoms with E-state index in [4.69, 9.17) is 9.47 Å². The minimum atomic E-state index is 0.237. The second-order valence-electron chi connectivity index (χ2n) is 9.92. The van der Waals surface area contributed by atoms with Crippen LogP contribution < -0.4 is 9.47 Å². The molecule has 2 aliphatic heterocycles. The topological polar surface area (TPSA) is 42.0 Å². The first-order valence-electron chi connectivity index (χ1n) is 12.5. The van der Waals surface area contributed by atoms with Gasteiger partial charge in [-0.25, -0.2) is 0 Å². The van der Waals surface area contributed by atoms with Gasteiger partial charge in [-0.1, -0.05) is 43.2 Å². The van der Waals surface area contributed by atoms with Crippen LogP contribution in [0, 0.1) is 11.8 Å². The van der Waals surface area contributed by atoms with Crippen molar-refractivity contribution in [3.63, 3.8) is 0 Å². The second-order valence-corrected chi connectivity index (χ2v) is 9.92. The van der Waals surface area contributed by atoms with Gasteiger partial charge in [0.2, 0.25) is 5.91 Å². The Morgan fingerprint density at radius 3 is 2.58 bits per heavy atom. The normalized spacial score (nSPS) is 25.8. The van der Waals surface area contributed by atoms with Gasteiger partial charge in [-0.15, -0.1) is 0 Å². The van der Waals surface area contributed by atoms with Gasteiger partial charge in [-0.2, -0.15) is 0 Å². The highest BCUT2D eigenvalue weighted by Crippen LogP contribution is 2.44. The van der Waals surface area contributed by atoms with Gasteiger partial charge in [-0.3, -0.25) is 9.69 Å². The van der Waals surface area contributed by atoms with Crippen molar-refractivity contribution in [3.8, 4) is 11.5 Å². The molecule has 2 aromatic rings. The number of carbonyl (C=O) groups excluding carboxylic acids is 1. The number of fused-ring (bicyclic) bond motifs is 1. The van der Waals surface area contributed by atoms with E-state index in [9.17, 15) is 4.79 Å². The molecular formula is C28H36N2O3. The zero-order valence-corrected chi connectivity index (χ0v) is 19.9. The summed E-state index contributed by atoms with van der Waals surface area (Å²) in [6.45, 7) is 3.73. The van der Waals surface area contributed by atoms with Crippen molar-refractivity contribution >= 4 is 5.91 Å². The minimum absolute atomic E-state index is 0.237. The van der Waals surface area contributed by atoms with Crippen molar-refractivity contribution in [3.05, 3.63) is 59.7 Å². The van der Waals surface area contributed by atoms with E-state index >= 15 is 0 Å². The summed E-state index contributed by atoms with van der Waals surface area (Å²) < 4.78 is 11.1. The number of ether oxygens (including phenoxy) is 2. The molecule has 0 unspecified atom stereocenters. The fourth-order valence-electron chi connectivity index (χ4n) is 6.41. The van der Waals surface area contributed by atoms with Crippen LogP contribution >= 0.6 is 0 Å². The molecule has 3 aliphatic rings. The SMILES string of the molecule is COc1cccc([C@H]2CN(C(=O)C3CCCC3)[C@@H]3CCN(Cc4ccccc4OC)C[C@H]23)c1. The molecule has 176 valence electrons. The van der Waals surface area contributed by atoms with E-state index < -0.39 is 0 Å². The molecule has 1 saturated carbocycles. The van der Waals surface area contributed by atoms with Crippen molar-refractivity contribution in [2.24, 2.45) is 11.8 Å². The van der Waals surface area contributed by atoms with Crippen LogP contribution in [-0.4, -0.2) is 55.6 Å². The number of para-hydroxylation sites is 1. The van der Waals surface area contributed by atoms with Crippen LogP contribution in [0.15, 0.2) is 48.5 Å². The van der Waals surface area contributed by atoms with Crippen molar-refractivity contribution in [2.45, 2.75) is 50.6 Å². The van der Waals surface area contributed by atoms with E-state index in [0.717, 1.165) is 56.9 Å². The summed E-state index contributed by atoms with van der Waals surface area (Å²) in [4.78, 5) is 18.4. The molecule has 5 rings (SSSR count). The second kappa shape index (κ2) is 9.76. The summed E-state index contributed by atoms with van der Waals surface area (Å²) in [6, 6.07) is 17.1. The molecule has 5 nitrogen and oxygen atoms in total. The number of rotatable bonds is 6. The molecule has 2 aromatic carbocycles. The molecule has 0 spiro atoms. The number of hydrogen-bond donors (Lipinski definition) is 0. The maximum Gasteiger partial charge on any atom is 0.225 e. The molecule has 0 aromatic heterocycles. The minimum Gasteiger partial charge on any atom is -0.497 e. The average Bonchev–Trinajstić information content (AvgIpc) is 3.52. The van der Waals surface area contributed by atoms with E-state index in [0.29, 0.717) is 23.8 Å². The summed E-state index contributed by atoms with van der Waals surface area (Å²) in [5.41, 5.74) is 2.53. The van der Waals surface area contributed by atoms with Crippen LogP contribution in [0.4, 0.5) is 0 Å². The molecular weight excluding hydrogens is 412 g/mol. The third-order valence-corrected chi connectivity index (χ3v) is 8.11. The smallest absolute Gasteiger partial charge is 0.225 e. The molecule has 3 atom stereocenters. The van der Waals surface area contributed by atoms with E-state index in [1.165, 1.54) is 24.0 Å². The molecule has 1 amide bonds. The third-order valence-electron chi connectivity index (χ3n) is 8.11. The van der Waals surface area contributed by atoms with Gasteiger partial charge in [0.1, 0.15) is 11.5 Å². The number of nitrogens with zero attached hydrogens (tertiary/aromatic N) is 2. The zero-order valence-electron chi connectivity index (χ0n) is 19.9. The van der Waals surface area contributed by atoms with Crippen molar-refractivity contribution < 1.29 is 14.3 Å². The number of methoxy groups -OCH3 is 2. The predicted octanol–water partition coefficient (Wildman–Crippen LogP) is 4.71. The van der Waals surface area contributed by atoms with Gasteiger partial charge < -0.3 is 14.4 Å². The largest absolute Gasteiger partial charge is 0.497 e. The molecule has 0 radical (unpaired) electrons. The lowest BCUT2D eigenvalue weighted by Gasteiger charge is -2.39. The molecule has 0 bridgehead atoms. The monoisotopic (exact) mass is 448 g/mol. The van der Waals surface area contributed by atoms with Gasteiger partial charge in [0.15, 0.2) is 0 Å². The Morgan fingerprint density at radius 2 is 1.79 bits per heavy atom. The van der Waals surface area contributed by atoms with Crippen LogP contribution in [0.3, 0.4) is 0 Å². The molecule has 1 aliphatic carbocycles. The standard InChI is InChI=1S/C28H36N2O3/c1-32-23-12-7-11-21(16-23)24-19-30(28(31)20-8-3-4-9-20)26-14-15-29(18-25(24)26)17-22-10-5-6-13-27(22)33-2/h5-7,10-13,16,20,24-26H,3-4,8-9,14-15,17-19H2,1-2H3/t24-,25-,26-/m1/s1. The number of amides is 1. The highest BCUT2D eigenvalue weighted by atomic mass is 16.5. The average molecular weight is 449 g/mol. The maximum absolute atomic E-state index is 13.5. The Morgan fingerprint density at radius 1 is 0.970 bits per heavy atom. The summed E-state index contributed by atoms with van der Waals surface area (Å²) >= 11 is 0. The Bertz CT molecular complexity index is 971. The van der Waals surface area contributed by atoms with Crippen molar-refractivity contribution in [2.75, 3.05) is 33.9 Å². The predicted molar refractivity (Wildman–Crippen MR) is 130 cm³/mol. The van der Waals surface area contributed by atoms with Crippen molar-refractivity contribution in [1.29, 1.82) is 0 Å². The first-order valence-corrected chi connectivity index (χ1v) is 12.5. The Hall–Kier alpha value is -2.53. The lowest BCUT2D eigenvalue weighted by molar-refractivity contribution is -0.137. The molecule has 0 N–H and O–H groups in total. The number of benzene rings is 2. The third kappa shape index (κ3) is 4.48. The lowest BCUT2D eigenvalue weighted by Crippen LogP contribution is -2.48. The van der Waals surface area contributed by atoms with Crippen LogP contribution in [0.5, 0.6) is 11.5 Å². The summed E-state index contributed by atoms with van der Waals surface area (Å²) in [5.74, 6) is 3.27. The first-order chi connectivity index (χ1) is 16.2. The number of likely N-dealkylation sites (tertiary alicyclic amines) is 2. The van der Waals surface area contributed by atoms with E-state index in [2.05, 4.69) is 40.1 Å². The number of piperidine rings is 1. The van der Waals surface area contributed by atoms with E-state index in [1.54, 1.807) is 14.2 Å². The molecule has 2 saturated heterocycles. The van der Waals surface area contributed by atoms with Crippen LogP contribution in [0.2, 0.25) is 0 Å². The maximum atomic E-state index is 13.5. The number of carbonyl (C=O) groups is 1. The molecule has 33 heavy (non-hydrogen) atoms. The summed E-state index contributed by atoms with van der Waals surface area (Å²) in [5, 5.41) is 0. The highest BCUT2D eigenvalue weighted by molar-refractivity contribution is 5.80. The van der Waals surface area contributed by atoms with Gasteiger partial charge >= 0.3 is 0 Å². The molecule has 5 heteroatoms. The Balaban J connectivity index is 1.40. The zero-order chi connectivity index (χ0) is 22.8. The Kier molecular flexibility index (Phi) is 6.59. The first kappa shape index (κ1) is 22.3. The molecule has 2 heterocycles. The highest BCUT2D eigenvalue weighted by Gasteiger charge is 2.48. The molecule has 3 fully saturated rings. The van der Waals surface area contributed by atoms with Gasteiger partial charge in [-0.05, 0) is 43.0 Å². The van der Waals surface area contributed by atoms with E-state index in [-0.39, 0.29) is 5.92 Å². The van der Waals surface area contributed by atoms with Crippen LogP contribution in [0.1, 0.15) is 49.1 Å². The van der Waals surface area contributed by atoms with E-state index in [1.807, 2.05) is 18.2 Å². The fourth-order valence-corrected chi connectivity index (χ4v) is 6.41. The quantitative estimate of drug-likeness (QED) is 0.642. The lowest BCUT2D eigenvalue weighted by atomic mass is 9.81. The number of hydrogen-bond acceptors (Lipinski definition) is 4. The van der Waals surface area contributed by atoms with Crippen LogP contribution in [0.25, 0.3) is 0 Å². The summed E-state index contributed by atoms with van der Waals surface area (Å²) in [6.07, 6.45) is 5.57. The van der Waals surface area contributed by atoms with Crippen LogP contribution in [-0.2, 0) is 11.3 Å². The summed E-state index contributed by atoms with van der Waals surface area (Å²) in [7, 11) is 3.47. The van der Waals surface area contributed by atoms with Gasteiger partial charge in [0.25, 0.3) is 0 Å². The fraction of sp³-hybridized carbons (Fsp3) is 0.536.